The van der Waals surface area contributed by atoms with Crippen molar-refractivity contribution >= 4 is 65.2 Å². The summed E-state index contributed by atoms with van der Waals surface area (Å²) >= 11 is 2.97. The number of hydrogen-bond donors (Lipinski definition) is 0. The monoisotopic (exact) mass is 481 g/mol. The standard InChI is InChI=1S/C21H17F2NO4S3/c1-28-17-12-18-20(21-15(17)7-9-29-21)24(8-2-10-31(25,26)27)19(30-18)6-4-13-3-5-14(22)11-16(13)23/h3-7,9,11-12H,2,8,10H2,1H3. The van der Waals surface area contributed by atoms with Gasteiger partial charge in [0.25, 0.3) is 5.01 Å². The molecular formula is C21H17F2NO4S3. The van der Waals surface area contributed by atoms with Crippen LogP contribution in [-0.4, -0.2) is 25.8 Å². The fourth-order valence-electron chi connectivity index (χ4n) is 3.39. The van der Waals surface area contributed by atoms with Crippen LogP contribution in [0.15, 0.2) is 35.7 Å². The number of fused-ring (bicyclic) bond motifs is 3. The third-order valence-electron chi connectivity index (χ3n) is 4.76. The predicted octanol–water partition coefficient (Wildman–Crippen LogP) is 4.80. The zero-order chi connectivity index (χ0) is 22.2. The third kappa shape index (κ3) is 4.62. The fourth-order valence-corrected chi connectivity index (χ4v) is 6.03. The van der Waals surface area contributed by atoms with Crippen LogP contribution in [0.1, 0.15) is 17.0 Å². The molecule has 0 fully saturated rings. The Balaban J connectivity index is 1.84. The highest BCUT2D eigenvalue weighted by Crippen LogP contribution is 2.38. The molecule has 162 valence electrons. The highest BCUT2D eigenvalue weighted by Gasteiger charge is 2.24. The van der Waals surface area contributed by atoms with Crippen LogP contribution in [0.5, 0.6) is 5.75 Å². The molecule has 0 aliphatic carbocycles. The second kappa shape index (κ2) is 8.62. The van der Waals surface area contributed by atoms with Gasteiger partial charge in [-0.1, -0.05) is 11.3 Å². The molecule has 0 atom stereocenters. The Morgan fingerprint density at radius 1 is 1.19 bits per heavy atom. The van der Waals surface area contributed by atoms with Crippen molar-refractivity contribution in [3.05, 3.63) is 57.9 Å². The number of benzene rings is 2. The second-order valence-corrected chi connectivity index (χ2v) is 10.3. The van der Waals surface area contributed by atoms with Crippen molar-refractivity contribution in [3.63, 3.8) is 0 Å². The minimum atomic E-state index is -4.33. The Morgan fingerprint density at radius 2 is 2.00 bits per heavy atom. The predicted molar refractivity (Wildman–Crippen MR) is 118 cm³/mol. The average Bonchev–Trinajstić information content (AvgIpc) is 3.30. The van der Waals surface area contributed by atoms with Gasteiger partial charge in [0.2, 0.25) is 5.52 Å². The Morgan fingerprint density at radius 3 is 2.71 bits per heavy atom. The van der Waals surface area contributed by atoms with E-state index in [1.165, 1.54) is 34.8 Å². The van der Waals surface area contributed by atoms with E-state index in [1.807, 2.05) is 22.1 Å². The molecular weight excluding hydrogens is 464 g/mol. The number of rotatable bonds is 7. The summed E-state index contributed by atoms with van der Waals surface area (Å²) in [4.78, 5) is 0. The summed E-state index contributed by atoms with van der Waals surface area (Å²) in [5.74, 6) is -1.09. The molecule has 0 bridgehead atoms. The third-order valence-corrected chi connectivity index (χ3v) is 7.56. The maximum atomic E-state index is 14.0. The van der Waals surface area contributed by atoms with Gasteiger partial charge in [0.15, 0.2) is 6.54 Å². The molecule has 0 saturated carbocycles. The number of aryl methyl sites for hydroxylation is 1. The zero-order valence-corrected chi connectivity index (χ0v) is 18.8. The van der Waals surface area contributed by atoms with E-state index >= 15 is 0 Å². The summed E-state index contributed by atoms with van der Waals surface area (Å²) < 4.78 is 69.8. The molecule has 0 N–H and O–H groups in total. The van der Waals surface area contributed by atoms with Crippen LogP contribution in [0.3, 0.4) is 0 Å². The lowest BCUT2D eigenvalue weighted by molar-refractivity contribution is -0.667. The topological polar surface area (TPSA) is 70.3 Å². The molecule has 0 aliphatic heterocycles. The first kappa shape index (κ1) is 21.8. The Labute approximate surface area is 185 Å². The van der Waals surface area contributed by atoms with E-state index in [9.17, 15) is 21.8 Å². The van der Waals surface area contributed by atoms with Crippen LogP contribution in [0, 0.1) is 11.6 Å². The summed E-state index contributed by atoms with van der Waals surface area (Å²) in [6, 6.07) is 7.21. The fraction of sp³-hybridized carbons (Fsp3) is 0.190. The normalized spacial score (nSPS) is 12.4. The first-order chi connectivity index (χ1) is 14.8. The molecule has 0 amide bonds. The second-order valence-electron chi connectivity index (χ2n) is 6.80. The van der Waals surface area contributed by atoms with E-state index in [0.29, 0.717) is 6.54 Å². The van der Waals surface area contributed by atoms with Crippen molar-refractivity contribution in [2.75, 3.05) is 12.9 Å². The smallest absolute Gasteiger partial charge is 0.262 e. The number of methoxy groups -OCH3 is 1. The number of ether oxygens (including phenoxy) is 1. The molecule has 2 heterocycles. The SMILES string of the molecule is COc1cc2sc(C=Cc3ccc(F)cc3F)[n+](CCCS(=O)(=O)[O-])c2c2sccc12. The first-order valence-electron chi connectivity index (χ1n) is 9.24. The molecule has 2 aromatic carbocycles. The summed E-state index contributed by atoms with van der Waals surface area (Å²) in [7, 11) is -2.74. The molecule has 2 aromatic heterocycles. The van der Waals surface area contributed by atoms with Gasteiger partial charge in [0, 0.05) is 41.3 Å². The van der Waals surface area contributed by atoms with E-state index in [2.05, 4.69) is 0 Å². The van der Waals surface area contributed by atoms with Crippen LogP contribution >= 0.6 is 22.7 Å². The lowest BCUT2D eigenvalue weighted by Crippen LogP contribution is -2.36. The minimum Gasteiger partial charge on any atom is -0.748 e. The number of aromatic nitrogens is 1. The maximum absolute atomic E-state index is 14.0. The molecule has 10 heteroatoms. The Hall–Kier alpha value is -2.40. The molecule has 31 heavy (non-hydrogen) atoms. The quantitative estimate of drug-likeness (QED) is 0.281. The van der Waals surface area contributed by atoms with E-state index in [1.54, 1.807) is 19.3 Å². The van der Waals surface area contributed by atoms with Crippen LogP contribution in [-0.2, 0) is 16.7 Å². The molecule has 0 aliphatic rings. The van der Waals surface area contributed by atoms with Crippen molar-refractivity contribution in [2.45, 2.75) is 13.0 Å². The number of hydrogen-bond acceptors (Lipinski definition) is 6. The molecule has 5 nitrogen and oxygen atoms in total. The average molecular weight is 482 g/mol. The largest absolute Gasteiger partial charge is 0.748 e. The van der Waals surface area contributed by atoms with Crippen molar-refractivity contribution in [2.24, 2.45) is 0 Å². The lowest BCUT2D eigenvalue weighted by atomic mass is 10.2. The van der Waals surface area contributed by atoms with Gasteiger partial charge >= 0.3 is 0 Å². The van der Waals surface area contributed by atoms with Crippen LogP contribution in [0.4, 0.5) is 8.78 Å². The van der Waals surface area contributed by atoms with E-state index < -0.39 is 27.5 Å². The molecule has 4 rings (SSSR count). The van der Waals surface area contributed by atoms with Gasteiger partial charge in [-0.05, 0) is 29.7 Å². The van der Waals surface area contributed by atoms with Gasteiger partial charge in [0.05, 0.1) is 17.2 Å². The number of thiophene rings is 1. The van der Waals surface area contributed by atoms with E-state index in [4.69, 9.17) is 4.74 Å². The molecule has 0 unspecified atom stereocenters. The highest BCUT2D eigenvalue weighted by molar-refractivity contribution is 7.85. The van der Waals surface area contributed by atoms with E-state index in [-0.39, 0.29) is 12.0 Å². The maximum Gasteiger partial charge on any atom is 0.262 e. The number of nitrogens with zero attached hydrogens (tertiary/aromatic N) is 1. The van der Waals surface area contributed by atoms with Gasteiger partial charge in [-0.2, -0.15) is 4.57 Å². The van der Waals surface area contributed by atoms with Gasteiger partial charge in [-0.15, -0.1) is 11.3 Å². The summed E-state index contributed by atoms with van der Waals surface area (Å²) in [5.41, 5.74) is 1.13. The van der Waals surface area contributed by atoms with Crippen molar-refractivity contribution in [1.82, 2.24) is 0 Å². The van der Waals surface area contributed by atoms with Gasteiger partial charge in [-0.25, -0.2) is 17.2 Å². The molecule has 0 radical (unpaired) electrons. The molecule has 0 saturated heterocycles. The summed E-state index contributed by atoms with van der Waals surface area (Å²) in [6.45, 7) is 0.298. The van der Waals surface area contributed by atoms with Gasteiger partial charge in [-0.3, -0.25) is 0 Å². The molecule has 0 spiro atoms. The van der Waals surface area contributed by atoms with Crippen LogP contribution in [0.2, 0.25) is 0 Å². The Kier molecular flexibility index (Phi) is 6.07. The Bertz CT molecular complexity index is 1410. The van der Waals surface area contributed by atoms with Crippen LogP contribution in [0.25, 0.3) is 32.5 Å². The lowest BCUT2D eigenvalue weighted by Gasteiger charge is -2.05. The van der Waals surface area contributed by atoms with Gasteiger partial charge < -0.3 is 9.29 Å². The van der Waals surface area contributed by atoms with Gasteiger partial charge in [0.1, 0.15) is 26.8 Å². The van der Waals surface area contributed by atoms with Crippen molar-refractivity contribution in [1.29, 1.82) is 0 Å². The first-order valence-corrected chi connectivity index (χ1v) is 12.5. The van der Waals surface area contributed by atoms with Crippen molar-refractivity contribution in [3.8, 4) is 5.75 Å². The van der Waals surface area contributed by atoms with E-state index in [0.717, 1.165) is 37.1 Å². The molecule has 4 aromatic rings. The number of thiazole rings is 1. The number of halogens is 2. The van der Waals surface area contributed by atoms with Crippen LogP contribution < -0.4 is 9.30 Å². The van der Waals surface area contributed by atoms with Crippen molar-refractivity contribution < 1.29 is 31.1 Å². The summed E-state index contributed by atoms with van der Waals surface area (Å²) in [6.07, 6.45) is 3.40. The summed E-state index contributed by atoms with van der Waals surface area (Å²) in [5, 5.41) is 3.62. The highest BCUT2D eigenvalue weighted by atomic mass is 32.2. The minimum absolute atomic E-state index is 0.146. The zero-order valence-electron chi connectivity index (χ0n) is 16.3.